The summed E-state index contributed by atoms with van der Waals surface area (Å²) in [4.78, 5) is 39.1. The summed E-state index contributed by atoms with van der Waals surface area (Å²) in [7, 11) is 0. The van der Waals surface area contributed by atoms with Crippen molar-refractivity contribution in [2.24, 2.45) is 4.99 Å². The summed E-state index contributed by atoms with van der Waals surface area (Å²) in [6, 6.07) is 15.4. The number of aliphatic hydroxyl groups excluding tert-OH is 2. The van der Waals surface area contributed by atoms with Crippen molar-refractivity contribution in [3.05, 3.63) is 82.9 Å². The summed E-state index contributed by atoms with van der Waals surface area (Å²) in [6.07, 6.45) is -0.269. The van der Waals surface area contributed by atoms with Gasteiger partial charge in [-0.2, -0.15) is 16.8 Å². The molecule has 57 heavy (non-hydrogen) atoms. The lowest BCUT2D eigenvalue weighted by Crippen LogP contribution is -2.34. The first kappa shape index (κ1) is 47.5. The summed E-state index contributed by atoms with van der Waals surface area (Å²) in [5.74, 6) is -0.140. The number of aryl methyl sites for hydroxylation is 1. The molecule has 0 aliphatic heterocycles. The van der Waals surface area contributed by atoms with Crippen molar-refractivity contribution in [1.29, 1.82) is 0 Å². The van der Waals surface area contributed by atoms with E-state index in [0.717, 1.165) is 11.3 Å². The maximum atomic E-state index is 11.5. The normalized spacial score (nSPS) is 11.8. The van der Waals surface area contributed by atoms with Gasteiger partial charge in [-0.3, -0.25) is 9.80 Å². The fourth-order valence-corrected chi connectivity index (χ4v) is 6.30. The van der Waals surface area contributed by atoms with Gasteiger partial charge in [0.1, 0.15) is 23.7 Å². The van der Waals surface area contributed by atoms with Gasteiger partial charge in [0.25, 0.3) is 0 Å². The molecule has 0 saturated heterocycles. The van der Waals surface area contributed by atoms with E-state index in [1.54, 1.807) is 36.0 Å². The van der Waals surface area contributed by atoms with Crippen LogP contribution in [0.3, 0.4) is 0 Å². The number of hydrogen-bond acceptors (Lipinski definition) is 16. The standard InChI is InChI=1S/C39H53N5O11S2/c1-30-23-33(42-37(24-30)39(49)50)26-43(9-13-45)11-15-53-27-35(54-16-12-44(10-14-46)25-32-3-2-4-36(41-32)38(47)48)28-57-22-21-52-18-17-51-19-20-55-34-7-5-31(6-8-34)40-29-56/h2-8,23-24,35,45-46H,9-22,25-28H2,1H3,(H,47,48)(H,49,50). The van der Waals surface area contributed by atoms with Crippen molar-refractivity contribution in [3.8, 4) is 5.75 Å². The van der Waals surface area contributed by atoms with E-state index in [1.165, 1.54) is 12.1 Å². The molecule has 16 nitrogen and oxygen atoms in total. The average Bonchev–Trinajstić information content (AvgIpc) is 3.19. The molecule has 1 unspecified atom stereocenters. The van der Waals surface area contributed by atoms with Gasteiger partial charge in [-0.15, -0.1) is 0 Å². The van der Waals surface area contributed by atoms with Gasteiger partial charge in [-0.1, -0.05) is 6.07 Å². The summed E-state index contributed by atoms with van der Waals surface area (Å²) < 4.78 is 29.3. The highest BCUT2D eigenvalue weighted by Crippen LogP contribution is 2.17. The van der Waals surface area contributed by atoms with Gasteiger partial charge < -0.3 is 44.1 Å². The van der Waals surface area contributed by atoms with Gasteiger partial charge in [0.15, 0.2) is 0 Å². The van der Waals surface area contributed by atoms with Gasteiger partial charge in [0.2, 0.25) is 0 Å². The van der Waals surface area contributed by atoms with Crippen molar-refractivity contribution in [3.63, 3.8) is 0 Å². The number of aromatic nitrogens is 2. The number of rotatable bonds is 32. The van der Waals surface area contributed by atoms with Crippen molar-refractivity contribution in [2.45, 2.75) is 26.1 Å². The Bertz CT molecular complexity index is 1670. The van der Waals surface area contributed by atoms with Crippen molar-refractivity contribution in [2.75, 3.05) is 104 Å². The van der Waals surface area contributed by atoms with Crippen LogP contribution >= 0.6 is 24.0 Å². The van der Waals surface area contributed by atoms with E-state index in [9.17, 15) is 30.0 Å². The molecular weight excluding hydrogens is 779 g/mol. The lowest BCUT2D eigenvalue weighted by molar-refractivity contribution is -0.0176. The van der Waals surface area contributed by atoms with Crippen LogP contribution < -0.4 is 4.74 Å². The second-order valence-electron chi connectivity index (χ2n) is 12.6. The SMILES string of the molecule is Cc1cc(CN(CCO)CCOCC(CSCCOCCOCCOc2ccc(N=C=S)cc2)OCCN(CCO)Cc2cccc(C(=O)O)n2)nc(C(=O)O)c1. The third-order valence-corrected chi connectivity index (χ3v) is 9.20. The van der Waals surface area contributed by atoms with Gasteiger partial charge >= 0.3 is 11.9 Å². The Hall–Kier alpha value is -3.91. The van der Waals surface area contributed by atoms with Crippen LogP contribution in [0.1, 0.15) is 37.9 Å². The number of thiocarbonyl (C=S) groups is 1. The monoisotopic (exact) mass is 831 g/mol. The zero-order valence-electron chi connectivity index (χ0n) is 32.2. The predicted molar refractivity (Wildman–Crippen MR) is 218 cm³/mol. The fraction of sp³-hybridized carbons (Fsp3) is 0.513. The Morgan fingerprint density at radius 3 is 2.12 bits per heavy atom. The van der Waals surface area contributed by atoms with Gasteiger partial charge in [-0.25, -0.2) is 19.6 Å². The first-order valence-electron chi connectivity index (χ1n) is 18.5. The number of carboxylic acid groups (broad SMARTS) is 2. The molecule has 0 radical (unpaired) electrons. The molecule has 0 aliphatic carbocycles. The van der Waals surface area contributed by atoms with Crippen LogP contribution in [-0.4, -0.2) is 167 Å². The lowest BCUT2D eigenvalue weighted by Gasteiger charge is -2.24. The van der Waals surface area contributed by atoms with Gasteiger partial charge in [0.05, 0.1) is 87.8 Å². The summed E-state index contributed by atoms with van der Waals surface area (Å²) in [6.45, 7) is 7.21. The number of hydrogen-bond donors (Lipinski definition) is 4. The number of ether oxygens (including phenoxy) is 5. The van der Waals surface area contributed by atoms with E-state index in [0.29, 0.717) is 121 Å². The molecule has 0 amide bonds. The number of nitrogens with zero attached hydrogens (tertiary/aromatic N) is 5. The second kappa shape index (κ2) is 28.5. The van der Waals surface area contributed by atoms with E-state index in [-0.39, 0.29) is 30.7 Å². The highest BCUT2D eigenvalue weighted by molar-refractivity contribution is 7.99. The molecule has 3 aromatic rings. The molecular formula is C39H53N5O11S2. The highest BCUT2D eigenvalue weighted by Gasteiger charge is 2.15. The lowest BCUT2D eigenvalue weighted by atomic mass is 10.2. The Labute approximate surface area is 342 Å². The van der Waals surface area contributed by atoms with Crippen LogP contribution in [-0.2, 0) is 32.0 Å². The third kappa shape index (κ3) is 20.4. The van der Waals surface area contributed by atoms with Gasteiger partial charge in [-0.05, 0) is 73.2 Å². The minimum atomic E-state index is -1.11. The van der Waals surface area contributed by atoms with Crippen LogP contribution in [0.5, 0.6) is 5.75 Å². The summed E-state index contributed by atoms with van der Waals surface area (Å²) in [5, 5.41) is 40.4. The molecule has 0 saturated carbocycles. The quantitative estimate of drug-likeness (QED) is 0.0404. The maximum absolute atomic E-state index is 11.5. The number of aliphatic imine (C=N–C) groups is 1. The summed E-state index contributed by atoms with van der Waals surface area (Å²) in [5.41, 5.74) is 2.60. The van der Waals surface area contributed by atoms with E-state index >= 15 is 0 Å². The Morgan fingerprint density at radius 2 is 1.44 bits per heavy atom. The van der Waals surface area contributed by atoms with Crippen LogP contribution in [0.4, 0.5) is 5.69 Å². The molecule has 2 heterocycles. The van der Waals surface area contributed by atoms with Crippen LogP contribution in [0.2, 0.25) is 0 Å². The number of isothiocyanates is 1. The molecule has 1 atom stereocenters. The summed E-state index contributed by atoms with van der Waals surface area (Å²) >= 11 is 6.27. The number of pyridine rings is 2. The first-order chi connectivity index (χ1) is 27.7. The van der Waals surface area contributed by atoms with Crippen LogP contribution in [0.15, 0.2) is 59.6 Å². The molecule has 18 heteroatoms. The molecule has 0 fully saturated rings. The molecule has 1 aromatic carbocycles. The van der Waals surface area contributed by atoms with E-state index < -0.39 is 11.9 Å². The van der Waals surface area contributed by atoms with Crippen molar-refractivity contribution in [1.82, 2.24) is 19.8 Å². The highest BCUT2D eigenvalue weighted by atomic mass is 32.2. The second-order valence-corrected chi connectivity index (χ2v) is 13.9. The minimum absolute atomic E-state index is 0.0249. The molecule has 4 N–H and O–H groups in total. The van der Waals surface area contributed by atoms with E-state index in [1.807, 2.05) is 34.9 Å². The van der Waals surface area contributed by atoms with E-state index in [2.05, 4.69) is 32.3 Å². The maximum Gasteiger partial charge on any atom is 0.354 e. The Morgan fingerprint density at radius 1 is 0.789 bits per heavy atom. The molecule has 0 aliphatic rings. The number of thioether (sulfide) groups is 1. The van der Waals surface area contributed by atoms with Crippen molar-refractivity contribution >= 4 is 46.8 Å². The Balaban J connectivity index is 1.43. The minimum Gasteiger partial charge on any atom is -0.491 e. The number of aliphatic hydroxyl groups is 2. The predicted octanol–water partition coefficient (Wildman–Crippen LogP) is 3.45. The molecule has 2 aromatic heterocycles. The molecule has 0 spiro atoms. The largest absolute Gasteiger partial charge is 0.491 e. The fourth-order valence-electron chi connectivity index (χ4n) is 5.34. The zero-order valence-corrected chi connectivity index (χ0v) is 33.8. The van der Waals surface area contributed by atoms with Crippen LogP contribution in [0.25, 0.3) is 0 Å². The number of carbonyl (C=O) groups is 2. The number of aromatic carboxylic acids is 2. The van der Waals surface area contributed by atoms with Gasteiger partial charge in [0, 0.05) is 50.8 Å². The topological polar surface area (TPSA) is 206 Å². The molecule has 312 valence electrons. The average molecular weight is 832 g/mol. The number of benzene rings is 1. The van der Waals surface area contributed by atoms with Crippen molar-refractivity contribution < 1.29 is 53.7 Å². The van der Waals surface area contributed by atoms with E-state index in [4.69, 9.17) is 23.7 Å². The zero-order chi connectivity index (χ0) is 41.1. The van der Waals surface area contributed by atoms with Crippen LogP contribution in [0, 0.1) is 6.92 Å². The Kier molecular flexibility index (Phi) is 23.7. The molecule has 3 rings (SSSR count). The first-order valence-corrected chi connectivity index (χ1v) is 20.1. The molecule has 0 bridgehead atoms. The third-order valence-electron chi connectivity index (χ3n) is 8.04. The number of carboxylic acids is 2. The smallest absolute Gasteiger partial charge is 0.354 e.